The van der Waals surface area contributed by atoms with Gasteiger partial charge >= 0.3 is 17.4 Å². The zero-order chi connectivity index (χ0) is 19.8. The molecule has 1 amide bonds. The number of nitrogens with one attached hydrogen (secondary N) is 1. The zero-order valence-corrected chi connectivity index (χ0v) is 17.6. The third-order valence-electron chi connectivity index (χ3n) is 4.68. The first-order valence-corrected chi connectivity index (χ1v) is 11.0. The number of anilines is 1. The second kappa shape index (κ2) is 7.52. The molecule has 0 spiro atoms. The summed E-state index contributed by atoms with van der Waals surface area (Å²) in [5, 5.41) is 7.33. The van der Waals surface area contributed by atoms with Gasteiger partial charge in [-0.3, -0.25) is 14.6 Å². The summed E-state index contributed by atoms with van der Waals surface area (Å²) in [4.78, 5) is 31.4. The number of aromatic amines is 1. The molecule has 6 nitrogen and oxygen atoms in total. The summed E-state index contributed by atoms with van der Waals surface area (Å²) in [6.45, 7) is 5.66. The molecule has 1 aliphatic heterocycles. The van der Waals surface area contributed by atoms with Crippen molar-refractivity contribution in [1.29, 1.82) is 0 Å². The number of carbonyl (C=O) groups is 1. The molecule has 0 aliphatic carbocycles. The Bertz CT molecular complexity index is 1110. The lowest BCUT2D eigenvalue weighted by Gasteiger charge is -2.31. The molecule has 0 radical (unpaired) electrons. The number of fused-ring (bicyclic) bond motifs is 3. The third-order valence-corrected chi connectivity index (χ3v) is 6.80. The van der Waals surface area contributed by atoms with Crippen molar-refractivity contribution in [3.8, 4) is 11.3 Å². The lowest BCUT2D eigenvalue weighted by molar-refractivity contribution is -0.762. The minimum atomic E-state index is -0.481. The number of H-pyrrole nitrogens is 1. The number of benzene rings is 1. The van der Waals surface area contributed by atoms with Gasteiger partial charge in [-0.05, 0) is 47.2 Å². The number of nitrogens with zero attached hydrogens (tertiary/aromatic N) is 3. The van der Waals surface area contributed by atoms with E-state index in [1.54, 1.807) is 27.8 Å². The van der Waals surface area contributed by atoms with Gasteiger partial charge in [0.2, 0.25) is 11.1 Å². The molecule has 0 unspecified atom stereocenters. The Hall–Kier alpha value is -2.45. The van der Waals surface area contributed by atoms with Gasteiger partial charge in [-0.2, -0.15) is 0 Å². The fourth-order valence-electron chi connectivity index (χ4n) is 3.46. The van der Waals surface area contributed by atoms with E-state index in [9.17, 15) is 9.59 Å². The number of hydrogen-bond donors (Lipinski definition) is 1. The largest absolute Gasteiger partial charge is 0.325 e. The molecule has 0 saturated carbocycles. The summed E-state index contributed by atoms with van der Waals surface area (Å²) >= 11 is 3.09. The molecule has 2 aromatic heterocycles. The maximum absolute atomic E-state index is 13.1. The maximum Gasteiger partial charge on any atom is 0.325 e. The highest BCUT2D eigenvalue weighted by Gasteiger charge is 2.45. The van der Waals surface area contributed by atoms with Crippen LogP contribution in [-0.2, 0) is 4.79 Å². The second-order valence-corrected chi connectivity index (χ2v) is 8.68. The average Bonchev–Trinajstić information content (AvgIpc) is 3.10. The summed E-state index contributed by atoms with van der Waals surface area (Å²) < 4.78 is 1.72. The summed E-state index contributed by atoms with van der Waals surface area (Å²) in [5.74, 6) is 0.770. The third kappa shape index (κ3) is 3.06. The molecule has 0 fully saturated rings. The number of rotatable bonds is 4. The quantitative estimate of drug-likeness (QED) is 0.525. The van der Waals surface area contributed by atoms with Crippen molar-refractivity contribution in [3.05, 3.63) is 56.5 Å². The van der Waals surface area contributed by atoms with Crippen molar-refractivity contribution in [2.24, 2.45) is 0 Å². The molecule has 0 saturated heterocycles. The highest BCUT2D eigenvalue weighted by molar-refractivity contribution is 7.99. The average molecular weight is 414 g/mol. The second-order valence-electron chi connectivity index (χ2n) is 6.65. The molecular weight excluding hydrogens is 392 g/mol. The standard InChI is InChI=1S/C20H20N4O2S2/c1-4-10-28-20-21-18(26)16-14-7-5-6-8-15(14)23(13(3)25)19(24(16)22-20)17-12(2)9-11-27-17/h5-9,11,19H,4,10H2,1-3H3/p+1/t19-/m0/s1. The lowest BCUT2D eigenvalue weighted by Crippen LogP contribution is -2.60. The number of thioether (sulfide) groups is 1. The van der Waals surface area contributed by atoms with Crippen LogP contribution in [0.15, 0.2) is 45.7 Å². The zero-order valence-electron chi connectivity index (χ0n) is 15.9. The number of carbonyl (C=O) groups excluding carboxylic acids is 1. The summed E-state index contributed by atoms with van der Waals surface area (Å²) in [5.41, 5.74) is 2.80. The van der Waals surface area contributed by atoms with E-state index >= 15 is 0 Å². The lowest BCUT2D eigenvalue weighted by atomic mass is 10.0. The first-order valence-electron chi connectivity index (χ1n) is 9.15. The van der Waals surface area contributed by atoms with Crippen LogP contribution in [0.3, 0.4) is 0 Å². The molecule has 28 heavy (non-hydrogen) atoms. The smallest absolute Gasteiger partial charge is 0.291 e. The number of thiophene rings is 1. The maximum atomic E-state index is 13.1. The molecule has 1 N–H and O–H groups in total. The predicted molar refractivity (Wildman–Crippen MR) is 112 cm³/mol. The van der Waals surface area contributed by atoms with E-state index in [2.05, 4.69) is 11.9 Å². The van der Waals surface area contributed by atoms with E-state index in [4.69, 9.17) is 5.10 Å². The van der Waals surface area contributed by atoms with Crippen LogP contribution < -0.4 is 15.1 Å². The Morgan fingerprint density at radius 1 is 1.36 bits per heavy atom. The molecule has 1 atom stereocenters. The van der Waals surface area contributed by atoms with Gasteiger partial charge in [0.25, 0.3) is 0 Å². The van der Waals surface area contributed by atoms with E-state index in [1.165, 1.54) is 11.8 Å². The molecule has 1 aromatic carbocycles. The van der Waals surface area contributed by atoms with Gasteiger partial charge in [0.1, 0.15) is 4.88 Å². The highest BCUT2D eigenvalue weighted by Crippen LogP contribution is 2.39. The van der Waals surface area contributed by atoms with Crippen LogP contribution in [0.5, 0.6) is 0 Å². The molecule has 3 heterocycles. The molecule has 3 aromatic rings. The van der Waals surface area contributed by atoms with E-state index in [1.807, 2.05) is 42.6 Å². The Morgan fingerprint density at radius 2 is 2.14 bits per heavy atom. The number of para-hydroxylation sites is 1. The van der Waals surface area contributed by atoms with Crippen molar-refractivity contribution in [1.82, 2.24) is 10.1 Å². The minimum Gasteiger partial charge on any atom is -0.291 e. The van der Waals surface area contributed by atoms with E-state index in [0.29, 0.717) is 16.4 Å². The number of aryl methyl sites for hydroxylation is 1. The minimum absolute atomic E-state index is 0.0896. The Balaban J connectivity index is 2.04. The van der Waals surface area contributed by atoms with Gasteiger partial charge in [-0.25, -0.2) is 4.90 Å². The van der Waals surface area contributed by atoms with Gasteiger partial charge in [0, 0.05) is 17.8 Å². The fraction of sp³-hybridized carbons (Fsp3) is 0.300. The summed E-state index contributed by atoms with van der Waals surface area (Å²) in [6.07, 6.45) is 0.497. The van der Waals surface area contributed by atoms with Crippen LogP contribution >= 0.6 is 23.1 Å². The topological polar surface area (TPSA) is 69.9 Å². The van der Waals surface area contributed by atoms with Crippen molar-refractivity contribution >= 4 is 34.7 Å². The van der Waals surface area contributed by atoms with Crippen molar-refractivity contribution in [3.63, 3.8) is 0 Å². The van der Waals surface area contributed by atoms with Crippen molar-refractivity contribution < 1.29 is 9.48 Å². The first kappa shape index (κ1) is 18.9. The normalized spacial score (nSPS) is 15.2. The van der Waals surface area contributed by atoms with Gasteiger partial charge in [-0.1, -0.05) is 30.8 Å². The molecule has 4 rings (SSSR count). The van der Waals surface area contributed by atoms with Crippen LogP contribution in [0.1, 0.15) is 36.9 Å². The fourth-order valence-corrected chi connectivity index (χ4v) is 5.17. The van der Waals surface area contributed by atoms with Gasteiger partial charge in [0.05, 0.1) is 11.3 Å². The number of amides is 1. The highest BCUT2D eigenvalue weighted by atomic mass is 32.2. The van der Waals surface area contributed by atoms with E-state index < -0.39 is 6.17 Å². The SMILES string of the molecule is CCCSc1n[n+]2c(c(=O)[nH]1)-c1ccccc1N(C(C)=O)[C@@H]2c1sccc1C. The molecule has 1 aliphatic rings. The van der Waals surface area contributed by atoms with Gasteiger partial charge < -0.3 is 0 Å². The molecule has 144 valence electrons. The summed E-state index contributed by atoms with van der Waals surface area (Å²) in [6, 6.07) is 9.53. The Morgan fingerprint density at radius 3 is 2.82 bits per heavy atom. The van der Waals surface area contributed by atoms with Crippen molar-refractivity contribution in [2.45, 2.75) is 38.5 Å². The summed E-state index contributed by atoms with van der Waals surface area (Å²) in [7, 11) is 0. The number of aromatic nitrogens is 3. The van der Waals surface area contributed by atoms with Crippen LogP contribution in [0.25, 0.3) is 11.3 Å². The van der Waals surface area contributed by atoms with E-state index in [0.717, 1.165) is 28.3 Å². The van der Waals surface area contributed by atoms with Gasteiger partial charge in [0.15, 0.2) is 0 Å². The first-order chi connectivity index (χ1) is 13.5. The van der Waals surface area contributed by atoms with E-state index in [-0.39, 0.29) is 11.5 Å². The van der Waals surface area contributed by atoms with Crippen LogP contribution in [0.4, 0.5) is 5.69 Å². The Kier molecular flexibility index (Phi) is 5.07. The predicted octanol–water partition coefficient (Wildman–Crippen LogP) is 3.51. The van der Waals surface area contributed by atoms with Crippen molar-refractivity contribution in [2.75, 3.05) is 10.7 Å². The van der Waals surface area contributed by atoms with Crippen LogP contribution in [0, 0.1) is 6.92 Å². The monoisotopic (exact) mass is 413 g/mol. The van der Waals surface area contributed by atoms with Crippen LogP contribution in [0.2, 0.25) is 0 Å². The van der Waals surface area contributed by atoms with Gasteiger partial charge in [-0.15, -0.1) is 11.3 Å². The Labute approximate surface area is 171 Å². The van der Waals surface area contributed by atoms with Crippen LogP contribution in [-0.4, -0.2) is 21.7 Å². The molecular formula is C20H21N4O2S2+. The molecule has 0 bridgehead atoms. The number of hydrogen-bond acceptors (Lipinski definition) is 5. The molecule has 8 heteroatoms.